The molecule has 3 N–H and O–H groups in total. The number of carbonyl (C=O) groups is 1. The van der Waals surface area contributed by atoms with E-state index in [-0.39, 0.29) is 5.91 Å². The Kier molecular flexibility index (Phi) is 3.26. The van der Waals surface area contributed by atoms with E-state index in [9.17, 15) is 4.79 Å². The largest absolute Gasteiger partial charge is 0.399 e. The lowest BCUT2D eigenvalue weighted by Gasteiger charge is -2.06. The van der Waals surface area contributed by atoms with E-state index in [2.05, 4.69) is 14.9 Å². The average Bonchev–Trinajstić information content (AvgIpc) is 2.70. The van der Waals surface area contributed by atoms with Crippen molar-refractivity contribution < 1.29 is 4.79 Å². The second-order valence-corrected chi connectivity index (χ2v) is 4.54. The highest BCUT2D eigenvalue weighted by Gasteiger charge is 2.14. The maximum Gasteiger partial charge on any atom is 0.269 e. The highest BCUT2D eigenvalue weighted by atomic mass is 35.5. The molecule has 1 aromatic heterocycles. The number of hydrogen-bond donors (Lipinski definition) is 2. The number of amides is 1. The van der Waals surface area contributed by atoms with Gasteiger partial charge in [-0.05, 0) is 36.7 Å². The minimum Gasteiger partial charge on any atom is -0.399 e. The van der Waals surface area contributed by atoms with Crippen LogP contribution in [0.3, 0.4) is 0 Å². The molecular formula is C10H9ClN4OS. The number of aromatic nitrogens is 2. The smallest absolute Gasteiger partial charge is 0.269 e. The van der Waals surface area contributed by atoms with Gasteiger partial charge in [-0.15, -0.1) is 5.10 Å². The van der Waals surface area contributed by atoms with Crippen LogP contribution < -0.4 is 11.1 Å². The number of aryl methyl sites for hydroxylation is 1. The van der Waals surface area contributed by atoms with Gasteiger partial charge in [0.05, 0.1) is 16.4 Å². The quantitative estimate of drug-likeness (QED) is 0.819. The third-order valence-corrected chi connectivity index (χ3v) is 3.25. The molecule has 1 aromatic carbocycles. The zero-order valence-corrected chi connectivity index (χ0v) is 10.5. The van der Waals surface area contributed by atoms with Gasteiger partial charge in [0.15, 0.2) is 0 Å². The molecule has 0 aliphatic carbocycles. The van der Waals surface area contributed by atoms with Gasteiger partial charge in [-0.3, -0.25) is 4.79 Å². The molecule has 1 heterocycles. The Hall–Kier alpha value is -1.66. The number of nitrogens with one attached hydrogen (secondary N) is 1. The SMILES string of the molecule is Cc1nnsc1C(=O)Nc1cc(N)ccc1Cl. The van der Waals surface area contributed by atoms with Crippen molar-refractivity contribution >= 4 is 40.4 Å². The number of carbonyl (C=O) groups excluding carboxylic acids is 1. The van der Waals surface area contributed by atoms with Gasteiger partial charge in [-0.1, -0.05) is 16.1 Å². The molecule has 5 nitrogen and oxygen atoms in total. The van der Waals surface area contributed by atoms with Crippen molar-refractivity contribution in [1.82, 2.24) is 9.59 Å². The molecule has 88 valence electrons. The van der Waals surface area contributed by atoms with Crippen molar-refractivity contribution in [3.8, 4) is 0 Å². The molecule has 0 atom stereocenters. The molecule has 0 unspecified atom stereocenters. The van der Waals surface area contributed by atoms with E-state index in [0.29, 0.717) is 27.0 Å². The van der Waals surface area contributed by atoms with Gasteiger partial charge < -0.3 is 11.1 Å². The molecule has 17 heavy (non-hydrogen) atoms. The standard InChI is InChI=1S/C10H9ClN4OS/c1-5-9(17-15-14-5)10(16)13-8-4-6(12)2-3-7(8)11/h2-4H,12H2,1H3,(H,13,16). The predicted octanol–water partition coefficient (Wildman–Crippen LogP) is 2.33. The molecule has 0 aliphatic rings. The van der Waals surface area contributed by atoms with E-state index in [1.807, 2.05) is 0 Å². The van der Waals surface area contributed by atoms with Crippen LogP contribution in [0.5, 0.6) is 0 Å². The summed E-state index contributed by atoms with van der Waals surface area (Å²) in [5.41, 5.74) is 7.22. The van der Waals surface area contributed by atoms with Crippen molar-refractivity contribution in [2.24, 2.45) is 0 Å². The number of nitrogen functional groups attached to an aromatic ring is 1. The molecule has 0 radical (unpaired) electrons. The molecule has 0 bridgehead atoms. The molecule has 2 aromatic rings. The monoisotopic (exact) mass is 268 g/mol. The summed E-state index contributed by atoms with van der Waals surface area (Å²) in [5.74, 6) is -0.287. The second kappa shape index (κ2) is 4.68. The topological polar surface area (TPSA) is 80.9 Å². The summed E-state index contributed by atoms with van der Waals surface area (Å²) in [6, 6.07) is 4.89. The highest BCUT2D eigenvalue weighted by Crippen LogP contribution is 2.25. The van der Waals surface area contributed by atoms with Crippen LogP contribution in [-0.4, -0.2) is 15.5 Å². The number of nitrogens with zero attached hydrogens (tertiary/aromatic N) is 2. The van der Waals surface area contributed by atoms with Crippen LogP contribution >= 0.6 is 23.1 Å². The average molecular weight is 269 g/mol. The van der Waals surface area contributed by atoms with Gasteiger partial charge in [0.2, 0.25) is 0 Å². The summed E-state index contributed by atoms with van der Waals surface area (Å²) in [4.78, 5) is 12.3. The van der Waals surface area contributed by atoms with Crippen LogP contribution in [0.25, 0.3) is 0 Å². The lowest BCUT2D eigenvalue weighted by Crippen LogP contribution is -2.12. The van der Waals surface area contributed by atoms with E-state index in [4.69, 9.17) is 17.3 Å². The van der Waals surface area contributed by atoms with Crippen molar-refractivity contribution in [3.05, 3.63) is 33.8 Å². The molecule has 1 amide bonds. The Labute approximate surface area is 107 Å². The van der Waals surface area contributed by atoms with Gasteiger partial charge in [-0.2, -0.15) is 0 Å². The van der Waals surface area contributed by atoms with E-state index >= 15 is 0 Å². The fraction of sp³-hybridized carbons (Fsp3) is 0.100. The summed E-state index contributed by atoms with van der Waals surface area (Å²) in [6.45, 7) is 1.72. The first-order chi connectivity index (χ1) is 8.08. The molecular weight excluding hydrogens is 260 g/mol. The normalized spacial score (nSPS) is 10.2. The van der Waals surface area contributed by atoms with E-state index < -0.39 is 0 Å². The lowest BCUT2D eigenvalue weighted by molar-refractivity contribution is 0.103. The fourth-order valence-electron chi connectivity index (χ4n) is 1.26. The Bertz CT molecular complexity index is 569. The molecule has 0 saturated carbocycles. The van der Waals surface area contributed by atoms with Gasteiger partial charge in [0, 0.05) is 5.69 Å². The van der Waals surface area contributed by atoms with Crippen molar-refractivity contribution in [2.45, 2.75) is 6.92 Å². The molecule has 0 saturated heterocycles. The fourth-order valence-corrected chi connectivity index (χ4v) is 1.97. The van der Waals surface area contributed by atoms with Crippen molar-refractivity contribution in [1.29, 1.82) is 0 Å². The summed E-state index contributed by atoms with van der Waals surface area (Å²) in [5, 5.41) is 6.88. The lowest BCUT2D eigenvalue weighted by atomic mass is 10.2. The zero-order chi connectivity index (χ0) is 12.4. The van der Waals surface area contributed by atoms with Gasteiger partial charge in [0.25, 0.3) is 5.91 Å². The molecule has 0 aliphatic heterocycles. The van der Waals surface area contributed by atoms with Gasteiger partial charge >= 0.3 is 0 Å². The summed E-state index contributed by atoms with van der Waals surface area (Å²) in [7, 11) is 0. The maximum absolute atomic E-state index is 11.9. The van der Waals surface area contributed by atoms with E-state index in [0.717, 1.165) is 11.5 Å². The minimum absolute atomic E-state index is 0.287. The number of hydrogen-bond acceptors (Lipinski definition) is 5. The molecule has 0 fully saturated rings. The van der Waals surface area contributed by atoms with Crippen molar-refractivity contribution in [2.75, 3.05) is 11.1 Å². The first-order valence-corrected chi connectivity index (χ1v) is 5.88. The number of halogens is 1. The minimum atomic E-state index is -0.287. The molecule has 7 heteroatoms. The summed E-state index contributed by atoms with van der Waals surface area (Å²) >= 11 is 6.98. The first-order valence-electron chi connectivity index (χ1n) is 4.73. The highest BCUT2D eigenvalue weighted by molar-refractivity contribution is 7.08. The number of benzene rings is 1. The van der Waals surface area contributed by atoms with Crippen LogP contribution in [0.15, 0.2) is 18.2 Å². The predicted molar refractivity (Wildman–Crippen MR) is 68.5 cm³/mol. The number of rotatable bonds is 2. The Morgan fingerprint density at radius 2 is 2.29 bits per heavy atom. The van der Waals surface area contributed by atoms with Crippen LogP contribution in [0.4, 0.5) is 11.4 Å². The van der Waals surface area contributed by atoms with Crippen LogP contribution in [0, 0.1) is 6.92 Å². The zero-order valence-electron chi connectivity index (χ0n) is 8.90. The summed E-state index contributed by atoms with van der Waals surface area (Å²) < 4.78 is 3.70. The van der Waals surface area contributed by atoms with Gasteiger partial charge in [0.1, 0.15) is 4.88 Å². The Morgan fingerprint density at radius 3 is 2.94 bits per heavy atom. The number of anilines is 2. The van der Waals surface area contributed by atoms with Crippen LogP contribution in [0.2, 0.25) is 5.02 Å². The van der Waals surface area contributed by atoms with Gasteiger partial charge in [-0.25, -0.2) is 0 Å². The third kappa shape index (κ3) is 2.54. The third-order valence-electron chi connectivity index (χ3n) is 2.10. The first kappa shape index (κ1) is 11.8. The Balaban J connectivity index is 2.24. The molecule has 2 rings (SSSR count). The number of nitrogens with two attached hydrogens (primary N) is 1. The maximum atomic E-state index is 11.9. The summed E-state index contributed by atoms with van der Waals surface area (Å²) in [6.07, 6.45) is 0. The van der Waals surface area contributed by atoms with E-state index in [1.165, 1.54) is 0 Å². The second-order valence-electron chi connectivity index (χ2n) is 3.38. The van der Waals surface area contributed by atoms with Crippen molar-refractivity contribution in [3.63, 3.8) is 0 Å². The Morgan fingerprint density at radius 1 is 1.53 bits per heavy atom. The van der Waals surface area contributed by atoms with Crippen LogP contribution in [0.1, 0.15) is 15.4 Å². The molecule has 0 spiro atoms. The van der Waals surface area contributed by atoms with Crippen LogP contribution in [-0.2, 0) is 0 Å². The van der Waals surface area contributed by atoms with E-state index in [1.54, 1.807) is 25.1 Å².